The third-order valence-corrected chi connectivity index (χ3v) is 3.76. The van der Waals surface area contributed by atoms with E-state index in [-0.39, 0.29) is 23.4 Å². The normalized spacial score (nSPS) is 10.9. The minimum Gasteiger partial charge on any atom is -0.478 e. The summed E-state index contributed by atoms with van der Waals surface area (Å²) in [5, 5.41) is 11.5. The van der Waals surface area contributed by atoms with Crippen molar-refractivity contribution in [1.29, 1.82) is 0 Å². The lowest BCUT2D eigenvalue weighted by atomic mass is 10.2. The molecule has 0 aliphatic carbocycles. The first-order chi connectivity index (χ1) is 9.16. The number of carboxylic acid groups (broad SMARTS) is 1. The highest BCUT2D eigenvalue weighted by molar-refractivity contribution is 7.17. The van der Waals surface area contributed by atoms with E-state index in [1.165, 1.54) is 28.2 Å². The monoisotopic (exact) mass is 275 g/mol. The highest BCUT2D eigenvalue weighted by Gasteiger charge is 2.14. The number of furan rings is 1. The zero-order valence-electron chi connectivity index (χ0n) is 9.70. The second-order valence-electron chi connectivity index (χ2n) is 4.01. The summed E-state index contributed by atoms with van der Waals surface area (Å²) < 4.78 is 7.50. The molecule has 0 aliphatic heterocycles. The Kier molecular flexibility index (Phi) is 2.72. The maximum absolute atomic E-state index is 12.2. The molecular formula is C13H9NO4S. The van der Waals surface area contributed by atoms with Crippen molar-refractivity contribution < 1.29 is 14.3 Å². The summed E-state index contributed by atoms with van der Waals surface area (Å²) in [7, 11) is 0. The van der Waals surface area contributed by atoms with Crippen LogP contribution in [0.4, 0.5) is 0 Å². The molecule has 0 radical (unpaired) electrons. The number of hydrogen-bond acceptors (Lipinski definition) is 4. The van der Waals surface area contributed by atoms with Gasteiger partial charge in [0.1, 0.15) is 11.3 Å². The molecule has 96 valence electrons. The summed E-state index contributed by atoms with van der Waals surface area (Å²) in [6, 6.07) is 4.98. The molecule has 0 unspecified atom stereocenters. The van der Waals surface area contributed by atoms with Crippen LogP contribution in [0.15, 0.2) is 45.3 Å². The first-order valence-electron chi connectivity index (χ1n) is 5.53. The summed E-state index contributed by atoms with van der Waals surface area (Å²) in [4.78, 5) is 23.2. The Morgan fingerprint density at radius 2 is 2.21 bits per heavy atom. The number of aromatic carboxylic acids is 1. The van der Waals surface area contributed by atoms with Crippen molar-refractivity contribution in [2.45, 2.75) is 6.54 Å². The third-order valence-electron chi connectivity index (χ3n) is 2.88. The van der Waals surface area contributed by atoms with Crippen LogP contribution in [-0.2, 0) is 6.54 Å². The third kappa shape index (κ3) is 1.96. The van der Waals surface area contributed by atoms with Gasteiger partial charge in [0.15, 0.2) is 0 Å². The van der Waals surface area contributed by atoms with Crippen LogP contribution in [-0.4, -0.2) is 15.6 Å². The maximum Gasteiger partial charge on any atom is 0.339 e. The van der Waals surface area contributed by atoms with Crippen molar-refractivity contribution in [3.8, 4) is 0 Å². The average molecular weight is 275 g/mol. The smallest absolute Gasteiger partial charge is 0.339 e. The second kappa shape index (κ2) is 4.40. The van der Waals surface area contributed by atoms with Gasteiger partial charge in [0.25, 0.3) is 5.56 Å². The molecule has 1 N–H and O–H groups in total. The Morgan fingerprint density at radius 3 is 3.00 bits per heavy atom. The minimum absolute atomic E-state index is 0.0808. The van der Waals surface area contributed by atoms with Gasteiger partial charge in [-0.25, -0.2) is 4.79 Å². The summed E-state index contributed by atoms with van der Waals surface area (Å²) in [6.45, 7) is 0.110. The van der Waals surface area contributed by atoms with Crippen molar-refractivity contribution in [2.75, 3.05) is 0 Å². The molecule has 0 aromatic carbocycles. The van der Waals surface area contributed by atoms with Gasteiger partial charge in [0.2, 0.25) is 0 Å². The molecule has 0 fully saturated rings. The molecule has 0 bridgehead atoms. The summed E-state index contributed by atoms with van der Waals surface area (Å²) >= 11 is 1.50. The maximum atomic E-state index is 12.2. The van der Waals surface area contributed by atoms with Gasteiger partial charge in [-0.15, -0.1) is 11.3 Å². The molecule has 0 saturated heterocycles. The van der Waals surface area contributed by atoms with Gasteiger partial charge in [0.05, 0.1) is 18.2 Å². The van der Waals surface area contributed by atoms with Gasteiger partial charge in [-0.1, -0.05) is 0 Å². The molecule has 19 heavy (non-hydrogen) atoms. The van der Waals surface area contributed by atoms with Crippen LogP contribution in [0.5, 0.6) is 0 Å². The summed E-state index contributed by atoms with van der Waals surface area (Å²) in [5.41, 5.74) is -0.0659. The van der Waals surface area contributed by atoms with Crippen LogP contribution in [0.3, 0.4) is 0 Å². The number of carbonyl (C=O) groups is 1. The number of fused-ring (bicyclic) bond motifs is 1. The quantitative estimate of drug-likeness (QED) is 0.796. The highest BCUT2D eigenvalue weighted by atomic mass is 32.1. The fraction of sp³-hybridized carbons (Fsp3) is 0.0769. The number of thiophene rings is 1. The van der Waals surface area contributed by atoms with E-state index >= 15 is 0 Å². The van der Waals surface area contributed by atoms with Crippen LogP contribution >= 0.6 is 11.3 Å². The molecule has 3 heterocycles. The molecule has 0 atom stereocenters. The Hall–Kier alpha value is -2.34. The zero-order valence-corrected chi connectivity index (χ0v) is 10.5. The van der Waals surface area contributed by atoms with Gasteiger partial charge in [-0.3, -0.25) is 4.79 Å². The largest absolute Gasteiger partial charge is 0.478 e. The van der Waals surface area contributed by atoms with E-state index in [9.17, 15) is 9.59 Å². The number of carboxylic acids is 1. The second-order valence-corrected chi connectivity index (χ2v) is 4.96. The topological polar surface area (TPSA) is 72.4 Å². The van der Waals surface area contributed by atoms with Gasteiger partial charge < -0.3 is 14.1 Å². The van der Waals surface area contributed by atoms with Crippen molar-refractivity contribution in [3.63, 3.8) is 0 Å². The van der Waals surface area contributed by atoms with Crippen molar-refractivity contribution in [3.05, 3.63) is 57.7 Å². The molecule has 5 nitrogen and oxygen atoms in total. The Labute approximate surface area is 111 Å². The SMILES string of the molecule is O=C(O)c1ccoc1Cn1ccc2sccc2c1=O. The molecule has 3 aromatic heterocycles. The van der Waals surface area contributed by atoms with E-state index in [1.807, 2.05) is 11.4 Å². The van der Waals surface area contributed by atoms with Crippen LogP contribution < -0.4 is 5.56 Å². The molecule has 3 rings (SSSR count). The number of rotatable bonds is 3. The number of pyridine rings is 1. The standard InChI is InChI=1S/C13H9NO4S/c15-12-9-3-6-19-11(9)1-4-14(12)7-10-8(13(16)17)2-5-18-10/h1-6H,7H2,(H,16,17). The fourth-order valence-corrected chi connectivity index (χ4v) is 2.71. The van der Waals surface area contributed by atoms with Crippen molar-refractivity contribution >= 4 is 27.4 Å². The van der Waals surface area contributed by atoms with Gasteiger partial charge in [0, 0.05) is 10.9 Å². The summed E-state index contributed by atoms with van der Waals surface area (Å²) in [6.07, 6.45) is 2.96. The minimum atomic E-state index is -1.06. The van der Waals surface area contributed by atoms with E-state index < -0.39 is 5.97 Å². The molecule has 6 heteroatoms. The van der Waals surface area contributed by atoms with Gasteiger partial charge in [-0.05, 0) is 23.6 Å². The molecule has 3 aromatic rings. The average Bonchev–Trinajstić information content (AvgIpc) is 3.01. The fourth-order valence-electron chi connectivity index (χ4n) is 1.94. The Bertz CT molecular complexity index is 811. The molecule has 0 spiro atoms. The van der Waals surface area contributed by atoms with E-state index in [1.54, 1.807) is 12.3 Å². The van der Waals surface area contributed by atoms with Gasteiger partial charge in [-0.2, -0.15) is 0 Å². The Balaban J connectivity index is 2.06. The molecule has 0 aliphatic rings. The van der Waals surface area contributed by atoms with Crippen LogP contribution in [0.25, 0.3) is 10.1 Å². The van der Waals surface area contributed by atoms with E-state index in [0.29, 0.717) is 5.39 Å². The van der Waals surface area contributed by atoms with Crippen molar-refractivity contribution in [2.24, 2.45) is 0 Å². The Morgan fingerprint density at radius 1 is 1.37 bits per heavy atom. The van der Waals surface area contributed by atoms with Crippen LogP contribution in [0, 0.1) is 0 Å². The lowest BCUT2D eigenvalue weighted by Gasteiger charge is -2.04. The van der Waals surface area contributed by atoms with E-state index in [2.05, 4.69) is 0 Å². The lowest BCUT2D eigenvalue weighted by Crippen LogP contribution is -2.20. The molecular weight excluding hydrogens is 266 g/mol. The predicted molar refractivity (Wildman–Crippen MR) is 70.9 cm³/mol. The van der Waals surface area contributed by atoms with Crippen LogP contribution in [0.2, 0.25) is 0 Å². The lowest BCUT2D eigenvalue weighted by molar-refractivity contribution is 0.0694. The first-order valence-corrected chi connectivity index (χ1v) is 6.41. The van der Waals surface area contributed by atoms with Crippen molar-refractivity contribution in [1.82, 2.24) is 4.57 Å². The van der Waals surface area contributed by atoms with Crippen LogP contribution in [0.1, 0.15) is 16.1 Å². The zero-order chi connectivity index (χ0) is 13.4. The van der Waals surface area contributed by atoms with Gasteiger partial charge >= 0.3 is 5.97 Å². The molecule has 0 saturated carbocycles. The number of nitrogens with zero attached hydrogens (tertiary/aromatic N) is 1. The predicted octanol–water partition coefficient (Wildman–Crippen LogP) is 2.40. The van der Waals surface area contributed by atoms with E-state index in [0.717, 1.165) is 4.70 Å². The number of aromatic nitrogens is 1. The van der Waals surface area contributed by atoms with E-state index in [4.69, 9.17) is 9.52 Å². The first kappa shape index (κ1) is 11.7. The number of hydrogen-bond donors (Lipinski definition) is 1. The highest BCUT2D eigenvalue weighted by Crippen LogP contribution is 2.17. The summed E-state index contributed by atoms with van der Waals surface area (Å²) in [5.74, 6) is -0.794. The molecule has 0 amide bonds.